The highest BCUT2D eigenvalue weighted by molar-refractivity contribution is 8.00. The molecule has 1 aliphatic rings. The van der Waals surface area contributed by atoms with E-state index in [-0.39, 0.29) is 0 Å². The van der Waals surface area contributed by atoms with Crippen LogP contribution in [0.3, 0.4) is 0 Å². The minimum atomic E-state index is 0.346. The lowest BCUT2D eigenvalue weighted by Crippen LogP contribution is -2.17. The van der Waals surface area contributed by atoms with Crippen molar-refractivity contribution in [3.05, 3.63) is 16.2 Å². The van der Waals surface area contributed by atoms with Gasteiger partial charge in [-0.25, -0.2) is 9.97 Å². The number of halogens is 1. The fraction of sp³-hybridized carbons (Fsp3) is 0.500. The molecule has 18 heavy (non-hydrogen) atoms. The molecule has 3 nitrogen and oxygen atoms in total. The van der Waals surface area contributed by atoms with E-state index >= 15 is 0 Å². The number of aromatic nitrogens is 2. The van der Waals surface area contributed by atoms with Gasteiger partial charge in [0, 0.05) is 28.7 Å². The molecule has 2 aromatic heterocycles. The molecule has 0 amide bonds. The standard InChI is InChI=1S/C12H13ClN2OS2/c1-7-6-9-10(17-7)14-12(13)15-11(9)18-8-2-4-16-5-3-8/h6,8H,2-5H2,1H3. The van der Waals surface area contributed by atoms with E-state index in [4.69, 9.17) is 16.3 Å². The van der Waals surface area contributed by atoms with Crippen molar-refractivity contribution in [1.82, 2.24) is 9.97 Å². The lowest BCUT2D eigenvalue weighted by molar-refractivity contribution is 0.1000. The molecule has 0 unspecified atom stereocenters. The summed E-state index contributed by atoms with van der Waals surface area (Å²) in [6, 6.07) is 2.15. The second-order valence-electron chi connectivity index (χ2n) is 4.30. The maximum Gasteiger partial charge on any atom is 0.224 e. The number of thiophene rings is 1. The molecular weight excluding hydrogens is 288 g/mol. The zero-order valence-corrected chi connectivity index (χ0v) is 12.4. The molecule has 0 N–H and O–H groups in total. The van der Waals surface area contributed by atoms with E-state index in [1.54, 1.807) is 11.3 Å². The van der Waals surface area contributed by atoms with Crippen molar-refractivity contribution in [2.24, 2.45) is 0 Å². The van der Waals surface area contributed by atoms with Crippen molar-refractivity contribution in [2.45, 2.75) is 30.0 Å². The quantitative estimate of drug-likeness (QED) is 0.622. The van der Waals surface area contributed by atoms with Gasteiger partial charge in [-0.05, 0) is 37.4 Å². The van der Waals surface area contributed by atoms with Crippen LogP contribution < -0.4 is 0 Å². The lowest BCUT2D eigenvalue weighted by atomic mass is 10.2. The molecule has 1 saturated heterocycles. The second kappa shape index (κ2) is 5.33. The van der Waals surface area contributed by atoms with E-state index in [1.807, 2.05) is 11.8 Å². The molecule has 3 heterocycles. The molecular formula is C12H13ClN2OS2. The van der Waals surface area contributed by atoms with Gasteiger partial charge in [-0.3, -0.25) is 0 Å². The molecule has 3 rings (SSSR count). The first-order valence-corrected chi connectivity index (χ1v) is 7.98. The highest BCUT2D eigenvalue weighted by atomic mass is 35.5. The normalized spacial score (nSPS) is 17.4. The Hall–Kier alpha value is -0.360. The molecule has 2 aromatic rings. The van der Waals surface area contributed by atoms with Crippen molar-refractivity contribution in [1.29, 1.82) is 0 Å². The van der Waals surface area contributed by atoms with Crippen LogP contribution in [0.2, 0.25) is 5.28 Å². The van der Waals surface area contributed by atoms with Gasteiger partial charge < -0.3 is 4.74 Å². The smallest absolute Gasteiger partial charge is 0.224 e. The lowest BCUT2D eigenvalue weighted by Gasteiger charge is -2.21. The monoisotopic (exact) mass is 300 g/mol. The summed E-state index contributed by atoms with van der Waals surface area (Å²) >= 11 is 9.48. The number of hydrogen-bond acceptors (Lipinski definition) is 5. The van der Waals surface area contributed by atoms with Crippen molar-refractivity contribution < 1.29 is 4.74 Å². The average molecular weight is 301 g/mol. The molecule has 1 aliphatic heterocycles. The van der Waals surface area contributed by atoms with Crippen LogP contribution in [0.4, 0.5) is 0 Å². The highest BCUT2D eigenvalue weighted by Crippen LogP contribution is 2.36. The van der Waals surface area contributed by atoms with Gasteiger partial charge in [0.25, 0.3) is 0 Å². The van der Waals surface area contributed by atoms with Crippen molar-refractivity contribution >= 4 is 44.9 Å². The van der Waals surface area contributed by atoms with E-state index in [0.29, 0.717) is 10.5 Å². The molecule has 1 fully saturated rings. The van der Waals surface area contributed by atoms with Gasteiger partial charge in [-0.15, -0.1) is 23.1 Å². The average Bonchev–Trinajstić information content (AvgIpc) is 2.71. The van der Waals surface area contributed by atoms with Gasteiger partial charge in [-0.1, -0.05) is 0 Å². The summed E-state index contributed by atoms with van der Waals surface area (Å²) in [7, 11) is 0. The molecule has 6 heteroatoms. The topological polar surface area (TPSA) is 35.0 Å². The van der Waals surface area contributed by atoms with Gasteiger partial charge in [-0.2, -0.15) is 0 Å². The molecule has 0 spiro atoms. The first-order valence-electron chi connectivity index (χ1n) is 5.90. The Labute approximate surface area is 119 Å². The summed E-state index contributed by atoms with van der Waals surface area (Å²) in [5, 5.41) is 3.08. The van der Waals surface area contributed by atoms with Crippen molar-refractivity contribution in [3.8, 4) is 0 Å². The van der Waals surface area contributed by atoms with E-state index in [0.717, 1.165) is 41.3 Å². The minimum absolute atomic E-state index is 0.346. The summed E-state index contributed by atoms with van der Waals surface area (Å²) in [5.74, 6) is 0. The van der Waals surface area contributed by atoms with Crippen LogP contribution in [0.15, 0.2) is 11.1 Å². The number of nitrogens with zero attached hydrogens (tertiary/aromatic N) is 2. The molecule has 0 saturated carbocycles. The largest absolute Gasteiger partial charge is 0.381 e. The summed E-state index contributed by atoms with van der Waals surface area (Å²) in [6.07, 6.45) is 2.16. The van der Waals surface area contributed by atoms with Crippen LogP contribution in [0.1, 0.15) is 17.7 Å². The number of hydrogen-bond donors (Lipinski definition) is 0. The summed E-state index contributed by atoms with van der Waals surface area (Å²) in [5.41, 5.74) is 0. The Bertz CT molecular complexity index is 566. The predicted molar refractivity (Wildman–Crippen MR) is 76.9 cm³/mol. The third kappa shape index (κ3) is 2.64. The number of ether oxygens (including phenoxy) is 1. The number of aryl methyl sites for hydroxylation is 1. The van der Waals surface area contributed by atoms with Crippen LogP contribution in [0.25, 0.3) is 10.2 Å². The Morgan fingerprint density at radius 2 is 2.17 bits per heavy atom. The SMILES string of the molecule is Cc1cc2c(SC3CCOCC3)nc(Cl)nc2s1. The van der Waals surface area contributed by atoms with Gasteiger partial charge in [0.05, 0.1) is 0 Å². The van der Waals surface area contributed by atoms with Gasteiger partial charge >= 0.3 is 0 Å². The molecule has 96 valence electrons. The van der Waals surface area contributed by atoms with Crippen LogP contribution in [-0.2, 0) is 4.74 Å². The molecule has 0 radical (unpaired) electrons. The van der Waals surface area contributed by atoms with E-state index in [9.17, 15) is 0 Å². The minimum Gasteiger partial charge on any atom is -0.381 e. The van der Waals surface area contributed by atoms with E-state index < -0.39 is 0 Å². The second-order valence-corrected chi connectivity index (χ2v) is 7.17. The zero-order chi connectivity index (χ0) is 12.5. The Kier molecular flexibility index (Phi) is 3.75. The summed E-state index contributed by atoms with van der Waals surface area (Å²) in [6.45, 7) is 3.79. The predicted octanol–water partition coefficient (Wildman–Crippen LogP) is 3.92. The van der Waals surface area contributed by atoms with Crippen LogP contribution in [0.5, 0.6) is 0 Å². The summed E-state index contributed by atoms with van der Waals surface area (Å²) in [4.78, 5) is 10.9. The fourth-order valence-corrected chi connectivity index (χ4v) is 4.41. The van der Waals surface area contributed by atoms with Gasteiger partial charge in [0.2, 0.25) is 5.28 Å². The molecule has 0 aromatic carbocycles. The van der Waals surface area contributed by atoms with Gasteiger partial charge in [0.1, 0.15) is 9.86 Å². The number of thioether (sulfide) groups is 1. The van der Waals surface area contributed by atoms with Crippen molar-refractivity contribution in [2.75, 3.05) is 13.2 Å². The third-order valence-corrected chi connectivity index (χ3v) is 5.35. The molecule has 0 bridgehead atoms. The summed E-state index contributed by atoms with van der Waals surface area (Å²) < 4.78 is 5.38. The number of rotatable bonds is 2. The third-order valence-electron chi connectivity index (χ3n) is 2.90. The van der Waals surface area contributed by atoms with Crippen LogP contribution >= 0.6 is 34.7 Å². The Morgan fingerprint density at radius 3 is 2.94 bits per heavy atom. The number of fused-ring (bicyclic) bond motifs is 1. The van der Waals surface area contributed by atoms with E-state index in [2.05, 4.69) is 23.0 Å². The van der Waals surface area contributed by atoms with E-state index in [1.165, 1.54) is 4.88 Å². The first kappa shape index (κ1) is 12.7. The van der Waals surface area contributed by atoms with Crippen LogP contribution in [-0.4, -0.2) is 28.4 Å². The maximum absolute atomic E-state index is 6.00. The molecule has 0 aliphatic carbocycles. The Balaban J connectivity index is 1.94. The highest BCUT2D eigenvalue weighted by Gasteiger charge is 2.18. The van der Waals surface area contributed by atoms with Crippen molar-refractivity contribution in [3.63, 3.8) is 0 Å². The maximum atomic E-state index is 6.00. The first-order chi connectivity index (χ1) is 8.72. The molecule has 0 atom stereocenters. The Morgan fingerprint density at radius 1 is 1.39 bits per heavy atom. The van der Waals surface area contributed by atoms with Gasteiger partial charge in [0.15, 0.2) is 0 Å². The van der Waals surface area contributed by atoms with Crippen LogP contribution in [0, 0.1) is 6.92 Å². The fourth-order valence-electron chi connectivity index (χ4n) is 2.03. The zero-order valence-electron chi connectivity index (χ0n) is 9.98.